The van der Waals surface area contributed by atoms with Crippen LogP contribution in [0.1, 0.15) is 31.4 Å². The Hall–Kier alpha value is -0.580. The van der Waals surface area contributed by atoms with Crippen LogP contribution in [-0.2, 0) is 21.7 Å². The molecule has 0 bridgehead atoms. The van der Waals surface area contributed by atoms with Crippen molar-refractivity contribution in [2.24, 2.45) is 5.92 Å². The van der Waals surface area contributed by atoms with E-state index in [-0.39, 0.29) is 5.75 Å². The minimum atomic E-state index is -3.23. The molecule has 0 spiro atoms. The van der Waals surface area contributed by atoms with Crippen molar-refractivity contribution in [2.45, 2.75) is 31.9 Å². The molecule has 0 saturated carbocycles. The number of alkyl halides is 1. The first-order valence-corrected chi connectivity index (χ1v) is 8.57. The molecular weight excluding hydrogens is 282 g/mol. The predicted octanol–water partition coefficient (Wildman–Crippen LogP) is 3.23. The zero-order chi connectivity index (χ0) is 14.5. The van der Waals surface area contributed by atoms with Crippen LogP contribution in [0.5, 0.6) is 0 Å². The van der Waals surface area contributed by atoms with Gasteiger partial charge in [0.15, 0.2) is 0 Å². The van der Waals surface area contributed by atoms with Crippen molar-refractivity contribution in [3.63, 3.8) is 0 Å². The molecule has 0 radical (unpaired) electrons. The molecule has 1 aromatic rings. The van der Waals surface area contributed by atoms with Crippen LogP contribution in [-0.4, -0.2) is 26.3 Å². The standard InChI is InChI=1S/C14H22ClNO2S/c1-12(2)8-9-16(3)19(17,18)11-14-6-4-13(10-15)5-7-14/h4-7,12H,8-11H2,1-3H3. The van der Waals surface area contributed by atoms with Crippen LogP contribution >= 0.6 is 11.6 Å². The molecule has 1 rings (SSSR count). The van der Waals surface area contributed by atoms with Gasteiger partial charge in [0.25, 0.3) is 0 Å². The van der Waals surface area contributed by atoms with Crippen molar-refractivity contribution < 1.29 is 8.42 Å². The number of hydrogen-bond acceptors (Lipinski definition) is 2. The van der Waals surface area contributed by atoms with Gasteiger partial charge in [0.05, 0.1) is 5.75 Å². The predicted molar refractivity (Wildman–Crippen MR) is 80.7 cm³/mol. The third kappa shape index (κ3) is 5.51. The summed E-state index contributed by atoms with van der Waals surface area (Å²) in [5, 5.41) is 0. The molecule has 0 unspecified atom stereocenters. The topological polar surface area (TPSA) is 37.4 Å². The van der Waals surface area contributed by atoms with E-state index in [1.54, 1.807) is 7.05 Å². The van der Waals surface area contributed by atoms with Crippen LogP contribution in [0.25, 0.3) is 0 Å². The first-order chi connectivity index (χ1) is 8.85. The third-order valence-electron chi connectivity index (χ3n) is 3.02. The summed E-state index contributed by atoms with van der Waals surface area (Å²) in [5.41, 5.74) is 1.79. The van der Waals surface area contributed by atoms with Crippen molar-refractivity contribution in [1.29, 1.82) is 0 Å². The maximum Gasteiger partial charge on any atom is 0.218 e. The van der Waals surface area contributed by atoms with Gasteiger partial charge in [-0.3, -0.25) is 0 Å². The van der Waals surface area contributed by atoms with Crippen molar-refractivity contribution in [3.8, 4) is 0 Å². The lowest BCUT2D eigenvalue weighted by atomic mass is 10.1. The first kappa shape index (κ1) is 16.5. The van der Waals surface area contributed by atoms with Gasteiger partial charge in [-0.05, 0) is 23.5 Å². The van der Waals surface area contributed by atoms with Crippen molar-refractivity contribution in [1.82, 2.24) is 4.31 Å². The molecule has 3 nitrogen and oxygen atoms in total. The van der Waals surface area contributed by atoms with Crippen LogP contribution in [0.2, 0.25) is 0 Å². The van der Waals surface area contributed by atoms with Crippen LogP contribution < -0.4 is 0 Å². The van der Waals surface area contributed by atoms with Gasteiger partial charge < -0.3 is 0 Å². The normalized spacial score (nSPS) is 12.3. The largest absolute Gasteiger partial charge is 0.218 e. The highest BCUT2D eigenvalue weighted by molar-refractivity contribution is 7.88. The van der Waals surface area contributed by atoms with Crippen LogP contribution in [0.3, 0.4) is 0 Å². The van der Waals surface area contributed by atoms with E-state index in [4.69, 9.17) is 11.6 Å². The van der Waals surface area contributed by atoms with E-state index in [1.807, 2.05) is 24.3 Å². The Labute approximate surface area is 121 Å². The summed E-state index contributed by atoms with van der Waals surface area (Å²) in [6, 6.07) is 7.38. The van der Waals surface area contributed by atoms with Gasteiger partial charge in [0.2, 0.25) is 10.0 Å². The average molecular weight is 304 g/mol. The second-order valence-corrected chi connectivity index (χ2v) is 7.55. The Morgan fingerprint density at radius 1 is 1.16 bits per heavy atom. The molecule has 1 aromatic carbocycles. The second-order valence-electron chi connectivity index (χ2n) is 5.21. The van der Waals surface area contributed by atoms with Crippen molar-refractivity contribution >= 4 is 21.6 Å². The SMILES string of the molecule is CC(C)CCN(C)S(=O)(=O)Cc1ccc(CCl)cc1. The molecule has 0 amide bonds. The Bertz CT molecular complexity index is 483. The fourth-order valence-electron chi connectivity index (χ4n) is 1.62. The number of sulfonamides is 1. The van der Waals surface area contributed by atoms with Crippen LogP contribution in [0, 0.1) is 5.92 Å². The van der Waals surface area contributed by atoms with Crippen molar-refractivity contribution in [2.75, 3.05) is 13.6 Å². The van der Waals surface area contributed by atoms with Gasteiger partial charge in [-0.1, -0.05) is 38.1 Å². The fourth-order valence-corrected chi connectivity index (χ4v) is 3.02. The Kier molecular flexibility index (Phi) is 6.30. The first-order valence-electron chi connectivity index (χ1n) is 6.43. The second kappa shape index (κ2) is 7.27. The zero-order valence-electron chi connectivity index (χ0n) is 11.8. The monoisotopic (exact) mass is 303 g/mol. The summed E-state index contributed by atoms with van der Waals surface area (Å²) >= 11 is 5.71. The van der Waals surface area contributed by atoms with Gasteiger partial charge in [0.1, 0.15) is 0 Å². The molecule has 0 aliphatic heterocycles. The summed E-state index contributed by atoms with van der Waals surface area (Å²) in [6.07, 6.45) is 0.876. The van der Waals surface area contributed by atoms with E-state index in [9.17, 15) is 8.42 Å². The Balaban J connectivity index is 2.67. The zero-order valence-corrected chi connectivity index (χ0v) is 13.3. The quantitative estimate of drug-likeness (QED) is 0.725. The summed E-state index contributed by atoms with van der Waals surface area (Å²) in [5.74, 6) is 0.992. The number of nitrogens with zero attached hydrogens (tertiary/aromatic N) is 1. The lowest BCUT2D eigenvalue weighted by Crippen LogP contribution is -2.29. The highest BCUT2D eigenvalue weighted by Crippen LogP contribution is 2.13. The third-order valence-corrected chi connectivity index (χ3v) is 5.16. The molecule has 0 aliphatic carbocycles. The van der Waals surface area contributed by atoms with Gasteiger partial charge in [0, 0.05) is 19.5 Å². The van der Waals surface area contributed by atoms with E-state index >= 15 is 0 Å². The van der Waals surface area contributed by atoms with Crippen LogP contribution in [0.4, 0.5) is 0 Å². The average Bonchev–Trinajstić information content (AvgIpc) is 2.36. The number of rotatable bonds is 7. The van der Waals surface area contributed by atoms with E-state index in [0.717, 1.165) is 17.5 Å². The Morgan fingerprint density at radius 3 is 2.16 bits per heavy atom. The fraction of sp³-hybridized carbons (Fsp3) is 0.571. The molecule has 0 aromatic heterocycles. The van der Waals surface area contributed by atoms with Crippen molar-refractivity contribution in [3.05, 3.63) is 35.4 Å². The molecule has 0 aliphatic rings. The molecule has 108 valence electrons. The van der Waals surface area contributed by atoms with E-state index in [2.05, 4.69) is 13.8 Å². The summed E-state index contributed by atoms with van der Waals surface area (Å²) in [6.45, 7) is 4.75. The minimum Gasteiger partial charge on any atom is -0.212 e. The van der Waals surface area contributed by atoms with E-state index < -0.39 is 10.0 Å². The highest BCUT2D eigenvalue weighted by atomic mass is 35.5. The smallest absolute Gasteiger partial charge is 0.212 e. The molecular formula is C14H22ClNO2S. The van der Waals surface area contributed by atoms with Gasteiger partial charge in [-0.25, -0.2) is 12.7 Å². The molecule has 5 heteroatoms. The molecule has 0 heterocycles. The summed E-state index contributed by atoms with van der Waals surface area (Å²) < 4.78 is 25.8. The molecule has 0 atom stereocenters. The van der Waals surface area contributed by atoms with E-state index in [1.165, 1.54) is 4.31 Å². The number of benzene rings is 1. The summed E-state index contributed by atoms with van der Waals surface area (Å²) in [4.78, 5) is 0. The number of halogens is 1. The lowest BCUT2D eigenvalue weighted by molar-refractivity contribution is 0.427. The maximum absolute atomic E-state index is 12.2. The number of hydrogen-bond donors (Lipinski definition) is 0. The lowest BCUT2D eigenvalue weighted by Gasteiger charge is -2.18. The van der Waals surface area contributed by atoms with Gasteiger partial charge in [-0.15, -0.1) is 11.6 Å². The highest BCUT2D eigenvalue weighted by Gasteiger charge is 2.18. The molecule has 0 saturated heterocycles. The molecule has 0 fully saturated rings. The molecule has 19 heavy (non-hydrogen) atoms. The van der Waals surface area contributed by atoms with Gasteiger partial charge in [-0.2, -0.15) is 0 Å². The minimum absolute atomic E-state index is 0.0458. The Morgan fingerprint density at radius 2 is 1.68 bits per heavy atom. The maximum atomic E-state index is 12.2. The summed E-state index contributed by atoms with van der Waals surface area (Å²) in [7, 11) is -1.58. The van der Waals surface area contributed by atoms with Crippen LogP contribution in [0.15, 0.2) is 24.3 Å². The van der Waals surface area contributed by atoms with E-state index in [0.29, 0.717) is 18.3 Å². The van der Waals surface area contributed by atoms with Gasteiger partial charge >= 0.3 is 0 Å². The molecule has 0 N–H and O–H groups in total.